The lowest BCUT2D eigenvalue weighted by Gasteiger charge is -2.33. The molecule has 1 aliphatic rings. The van der Waals surface area contributed by atoms with Crippen molar-refractivity contribution in [3.63, 3.8) is 0 Å². The molecule has 1 aliphatic heterocycles. The Bertz CT molecular complexity index is 381. The van der Waals surface area contributed by atoms with Crippen LogP contribution < -0.4 is 5.32 Å². The van der Waals surface area contributed by atoms with Crippen molar-refractivity contribution in [3.8, 4) is 0 Å². The molecule has 1 aromatic heterocycles. The Hall–Kier alpha value is -0.480. The van der Waals surface area contributed by atoms with Gasteiger partial charge in [0.1, 0.15) is 11.5 Å². The molecule has 0 bridgehead atoms. The molecule has 1 fully saturated rings. The Labute approximate surface area is 134 Å². The fraction of sp³-hybridized carbons (Fsp3) is 0.600. The summed E-state index contributed by atoms with van der Waals surface area (Å²) in [5.74, 6) is 2.16. The van der Waals surface area contributed by atoms with Gasteiger partial charge in [0.05, 0.1) is 6.04 Å². The summed E-state index contributed by atoms with van der Waals surface area (Å²) in [7, 11) is 0. The Kier molecular flexibility index (Phi) is 9.23. The largest absolute Gasteiger partial charge is 0.464 e. The molecule has 5 heteroatoms. The summed E-state index contributed by atoms with van der Waals surface area (Å²) in [4.78, 5) is 2.53. The molecule has 0 saturated carbocycles. The summed E-state index contributed by atoms with van der Waals surface area (Å²) in [6.45, 7) is 12.3. The van der Waals surface area contributed by atoms with E-state index in [-0.39, 0.29) is 24.8 Å². The number of piperazine rings is 1. The molecule has 1 N–H and O–H groups in total. The third kappa shape index (κ3) is 4.81. The van der Waals surface area contributed by atoms with Crippen molar-refractivity contribution < 1.29 is 4.42 Å². The molecule has 2 heterocycles. The van der Waals surface area contributed by atoms with Crippen LogP contribution in [-0.4, -0.2) is 31.1 Å². The van der Waals surface area contributed by atoms with Gasteiger partial charge in [0, 0.05) is 26.2 Å². The van der Waals surface area contributed by atoms with Crippen LogP contribution in [-0.2, 0) is 0 Å². The lowest BCUT2D eigenvalue weighted by atomic mass is 10.1. The van der Waals surface area contributed by atoms with E-state index in [1.165, 1.54) is 5.56 Å². The number of nitrogens with zero attached hydrogens (tertiary/aromatic N) is 1. The van der Waals surface area contributed by atoms with E-state index in [4.69, 9.17) is 4.42 Å². The minimum absolute atomic E-state index is 0. The van der Waals surface area contributed by atoms with Gasteiger partial charge in [0.25, 0.3) is 0 Å². The van der Waals surface area contributed by atoms with Gasteiger partial charge < -0.3 is 9.73 Å². The molecule has 0 radical (unpaired) electrons. The topological polar surface area (TPSA) is 28.4 Å². The van der Waals surface area contributed by atoms with E-state index >= 15 is 0 Å². The number of furan rings is 1. The maximum absolute atomic E-state index is 5.93. The van der Waals surface area contributed by atoms with Gasteiger partial charge in [-0.1, -0.05) is 6.08 Å². The number of hydrogen-bond acceptors (Lipinski definition) is 3. The summed E-state index contributed by atoms with van der Waals surface area (Å²) in [5.41, 5.74) is 1.25. The number of nitrogens with one attached hydrogen (secondary N) is 1. The first-order chi connectivity index (χ1) is 8.72. The van der Waals surface area contributed by atoms with Crippen LogP contribution in [0.2, 0.25) is 0 Å². The zero-order chi connectivity index (χ0) is 13.0. The number of allylic oxidation sites excluding steroid dienone is 1. The molecule has 0 spiro atoms. The first-order valence-electron chi connectivity index (χ1n) is 6.85. The van der Waals surface area contributed by atoms with Crippen molar-refractivity contribution in [2.24, 2.45) is 0 Å². The zero-order valence-electron chi connectivity index (χ0n) is 12.4. The fourth-order valence-corrected chi connectivity index (χ4v) is 2.54. The Morgan fingerprint density at radius 2 is 2.00 bits per heavy atom. The third-order valence-corrected chi connectivity index (χ3v) is 3.75. The van der Waals surface area contributed by atoms with Crippen LogP contribution in [0, 0.1) is 13.8 Å². The molecular weight excluding hydrogens is 295 g/mol. The summed E-state index contributed by atoms with van der Waals surface area (Å²) in [6, 6.07) is 2.60. The normalized spacial score (nSPS) is 16.9. The molecule has 2 rings (SSSR count). The van der Waals surface area contributed by atoms with Crippen LogP contribution in [0.3, 0.4) is 0 Å². The van der Waals surface area contributed by atoms with Gasteiger partial charge >= 0.3 is 0 Å². The standard InChI is InChI=1S/C15H24N2O.2ClH/c1-4-5-6-14(17-9-7-16-8-10-17)15-11-12(2)13(3)18-15;;/h4,11,14,16H,1,5-10H2,2-3H3;2*1H/t14-;;/m1../s1. The smallest absolute Gasteiger partial charge is 0.121 e. The van der Waals surface area contributed by atoms with E-state index in [1.54, 1.807) is 0 Å². The highest BCUT2D eigenvalue weighted by Crippen LogP contribution is 2.29. The fourth-order valence-electron chi connectivity index (χ4n) is 2.54. The van der Waals surface area contributed by atoms with Crippen molar-refractivity contribution in [1.82, 2.24) is 10.2 Å². The van der Waals surface area contributed by atoms with Crippen molar-refractivity contribution in [2.75, 3.05) is 26.2 Å². The Balaban J connectivity index is 0.00000180. The van der Waals surface area contributed by atoms with Crippen molar-refractivity contribution in [1.29, 1.82) is 0 Å². The average Bonchev–Trinajstić information content (AvgIpc) is 2.71. The number of rotatable bonds is 5. The number of hydrogen-bond donors (Lipinski definition) is 1. The highest BCUT2D eigenvalue weighted by Gasteiger charge is 2.24. The van der Waals surface area contributed by atoms with E-state index in [1.807, 2.05) is 13.0 Å². The van der Waals surface area contributed by atoms with Crippen LogP contribution in [0.15, 0.2) is 23.1 Å². The van der Waals surface area contributed by atoms with Gasteiger partial charge in [-0.3, -0.25) is 4.90 Å². The van der Waals surface area contributed by atoms with Crippen molar-refractivity contribution in [2.45, 2.75) is 32.7 Å². The highest BCUT2D eigenvalue weighted by atomic mass is 35.5. The van der Waals surface area contributed by atoms with Crippen LogP contribution in [0.1, 0.15) is 36.0 Å². The second-order valence-electron chi connectivity index (χ2n) is 5.06. The van der Waals surface area contributed by atoms with Crippen LogP contribution >= 0.6 is 24.8 Å². The molecule has 0 aromatic carbocycles. The molecule has 0 aliphatic carbocycles. The summed E-state index contributed by atoms with van der Waals surface area (Å²) in [6.07, 6.45) is 4.13. The predicted octanol–water partition coefficient (Wildman–Crippen LogP) is 3.65. The monoisotopic (exact) mass is 320 g/mol. The second-order valence-corrected chi connectivity index (χ2v) is 5.06. The molecular formula is C15H26Cl2N2O. The maximum Gasteiger partial charge on any atom is 0.121 e. The highest BCUT2D eigenvalue weighted by molar-refractivity contribution is 5.85. The Morgan fingerprint density at radius 1 is 1.35 bits per heavy atom. The van der Waals surface area contributed by atoms with E-state index in [2.05, 4.69) is 29.8 Å². The van der Waals surface area contributed by atoms with E-state index in [0.717, 1.165) is 50.5 Å². The van der Waals surface area contributed by atoms with Gasteiger partial charge in [-0.25, -0.2) is 0 Å². The molecule has 1 aromatic rings. The number of aryl methyl sites for hydroxylation is 2. The second kappa shape index (κ2) is 9.46. The molecule has 0 unspecified atom stereocenters. The molecule has 20 heavy (non-hydrogen) atoms. The third-order valence-electron chi connectivity index (χ3n) is 3.75. The molecule has 3 nitrogen and oxygen atoms in total. The lowest BCUT2D eigenvalue weighted by Crippen LogP contribution is -2.45. The van der Waals surface area contributed by atoms with Gasteiger partial charge in [-0.15, -0.1) is 31.4 Å². The maximum atomic E-state index is 5.93. The summed E-state index contributed by atoms with van der Waals surface area (Å²) in [5, 5.41) is 3.40. The summed E-state index contributed by atoms with van der Waals surface area (Å²) >= 11 is 0. The minimum atomic E-state index is 0. The zero-order valence-corrected chi connectivity index (χ0v) is 14.0. The molecule has 0 amide bonds. The van der Waals surface area contributed by atoms with E-state index < -0.39 is 0 Å². The SMILES string of the molecule is C=CCC[C@H](c1cc(C)c(C)o1)N1CCNCC1.Cl.Cl. The van der Waals surface area contributed by atoms with Crippen LogP contribution in [0.4, 0.5) is 0 Å². The van der Waals surface area contributed by atoms with Gasteiger partial charge in [0.2, 0.25) is 0 Å². The predicted molar refractivity (Wildman–Crippen MR) is 89.3 cm³/mol. The minimum Gasteiger partial charge on any atom is -0.464 e. The first kappa shape index (κ1) is 19.5. The molecule has 1 saturated heterocycles. The summed E-state index contributed by atoms with van der Waals surface area (Å²) < 4.78 is 5.93. The van der Waals surface area contributed by atoms with Crippen molar-refractivity contribution >= 4 is 24.8 Å². The average molecular weight is 321 g/mol. The van der Waals surface area contributed by atoms with Gasteiger partial charge in [-0.05, 0) is 38.3 Å². The van der Waals surface area contributed by atoms with E-state index in [0.29, 0.717) is 6.04 Å². The van der Waals surface area contributed by atoms with Gasteiger partial charge in [-0.2, -0.15) is 0 Å². The molecule has 116 valence electrons. The van der Waals surface area contributed by atoms with Crippen LogP contribution in [0.5, 0.6) is 0 Å². The van der Waals surface area contributed by atoms with E-state index in [9.17, 15) is 0 Å². The number of halogens is 2. The quantitative estimate of drug-likeness (QED) is 0.839. The molecule has 1 atom stereocenters. The van der Waals surface area contributed by atoms with Gasteiger partial charge in [0.15, 0.2) is 0 Å². The Morgan fingerprint density at radius 3 is 2.50 bits per heavy atom. The first-order valence-corrected chi connectivity index (χ1v) is 6.85. The van der Waals surface area contributed by atoms with Crippen LogP contribution in [0.25, 0.3) is 0 Å². The lowest BCUT2D eigenvalue weighted by molar-refractivity contribution is 0.146. The van der Waals surface area contributed by atoms with Crippen molar-refractivity contribution in [3.05, 3.63) is 35.8 Å².